The van der Waals surface area contributed by atoms with Gasteiger partial charge in [-0.2, -0.15) is 0 Å². The van der Waals surface area contributed by atoms with E-state index in [1.165, 1.54) is 14.0 Å². The molecule has 0 aromatic heterocycles. The number of carbonyl (C=O) groups excluding carboxylic acids is 2. The van der Waals surface area contributed by atoms with Crippen molar-refractivity contribution in [3.8, 4) is 5.75 Å². The summed E-state index contributed by atoms with van der Waals surface area (Å²) in [6.45, 7) is 0.960. The fraction of sp³-hybridized carbons (Fsp3) is 0.333. The van der Waals surface area contributed by atoms with Gasteiger partial charge in [0.05, 0.1) is 6.61 Å². The van der Waals surface area contributed by atoms with Gasteiger partial charge < -0.3 is 31.4 Å². The number of amides is 1. The molecule has 0 fully saturated rings. The minimum absolute atomic E-state index is 0.00102. The van der Waals surface area contributed by atoms with Gasteiger partial charge >= 0.3 is 0 Å². The number of aliphatic hydroxyl groups is 1. The third-order valence-corrected chi connectivity index (χ3v) is 3.55. The number of nitrogens with one attached hydrogen (secondary N) is 1. The van der Waals surface area contributed by atoms with Gasteiger partial charge in [-0.1, -0.05) is 0 Å². The molecule has 0 aliphatic rings. The predicted octanol–water partition coefficient (Wildman–Crippen LogP) is -0.324. The van der Waals surface area contributed by atoms with Gasteiger partial charge in [-0.15, -0.1) is 0 Å². The van der Waals surface area contributed by atoms with Gasteiger partial charge in [0.1, 0.15) is 29.9 Å². The van der Waals surface area contributed by atoms with Gasteiger partial charge in [0.25, 0.3) is 5.91 Å². The molecule has 1 rings (SSSR count). The quantitative estimate of drug-likeness (QED) is 0.263. The Morgan fingerprint density at radius 1 is 1.41 bits per heavy atom. The number of nitrogens with two attached hydrogens (primary N) is 2. The molecule has 0 heterocycles. The summed E-state index contributed by atoms with van der Waals surface area (Å²) in [5, 5.41) is 11.7. The van der Waals surface area contributed by atoms with E-state index in [1.807, 2.05) is 0 Å². The Kier molecular flexibility index (Phi) is 8.15. The number of aliphatic imine (C=N–C) groups is 2. The number of anilines is 1. The maximum Gasteiger partial charge on any atom is 0.270 e. The first-order valence-corrected chi connectivity index (χ1v) is 8.06. The van der Waals surface area contributed by atoms with Crippen LogP contribution < -0.4 is 21.5 Å². The van der Waals surface area contributed by atoms with Crippen molar-refractivity contribution in [2.24, 2.45) is 15.7 Å². The zero-order valence-corrected chi connectivity index (χ0v) is 15.6. The normalized spacial score (nSPS) is 14.7. The summed E-state index contributed by atoms with van der Waals surface area (Å²) in [5.41, 5.74) is 11.4. The minimum atomic E-state index is -1.42. The molecule has 1 atom stereocenters. The van der Waals surface area contributed by atoms with Crippen LogP contribution in [0.2, 0.25) is 0 Å². The second-order valence-electron chi connectivity index (χ2n) is 5.91. The highest BCUT2D eigenvalue weighted by molar-refractivity contribution is 6.46. The van der Waals surface area contributed by atoms with E-state index in [0.717, 1.165) is 0 Å². The molecular formula is C18H25N5O4. The number of nitrogens with zero attached hydrogens (tertiary/aromatic N) is 2. The molecule has 1 aromatic carbocycles. The van der Waals surface area contributed by atoms with Crippen LogP contribution in [-0.4, -0.2) is 62.1 Å². The van der Waals surface area contributed by atoms with Crippen LogP contribution >= 0.6 is 0 Å². The van der Waals surface area contributed by atoms with Crippen molar-refractivity contribution < 1.29 is 19.4 Å². The molecule has 1 unspecified atom stereocenters. The van der Waals surface area contributed by atoms with Gasteiger partial charge in [0, 0.05) is 37.3 Å². The van der Waals surface area contributed by atoms with E-state index < -0.39 is 18.1 Å². The molecule has 146 valence electrons. The lowest BCUT2D eigenvalue weighted by molar-refractivity contribution is -0.122. The van der Waals surface area contributed by atoms with E-state index in [1.54, 1.807) is 37.5 Å². The van der Waals surface area contributed by atoms with Crippen molar-refractivity contribution in [2.45, 2.75) is 12.5 Å². The van der Waals surface area contributed by atoms with Gasteiger partial charge in [0.15, 0.2) is 0 Å². The molecule has 1 amide bonds. The first-order chi connectivity index (χ1) is 12.8. The van der Waals surface area contributed by atoms with Crippen molar-refractivity contribution in [3.63, 3.8) is 0 Å². The second kappa shape index (κ2) is 10.1. The molecule has 9 nitrogen and oxygen atoms in total. The van der Waals surface area contributed by atoms with Crippen molar-refractivity contribution in [1.29, 1.82) is 0 Å². The summed E-state index contributed by atoms with van der Waals surface area (Å²) in [5.74, 6) is -0.221. The van der Waals surface area contributed by atoms with Crippen LogP contribution in [0.25, 0.3) is 0 Å². The Balaban J connectivity index is 3.06. The lowest BCUT2D eigenvalue weighted by Crippen LogP contribution is -2.52. The fourth-order valence-corrected chi connectivity index (χ4v) is 1.98. The summed E-state index contributed by atoms with van der Waals surface area (Å²) >= 11 is 0. The maximum absolute atomic E-state index is 12.5. The number of aldehydes is 1. The number of hydrogen-bond donors (Lipinski definition) is 4. The van der Waals surface area contributed by atoms with Gasteiger partial charge in [-0.25, -0.2) is 0 Å². The molecule has 0 bridgehead atoms. The van der Waals surface area contributed by atoms with Crippen LogP contribution in [0.3, 0.4) is 0 Å². The van der Waals surface area contributed by atoms with Crippen LogP contribution in [0.1, 0.15) is 12.5 Å². The summed E-state index contributed by atoms with van der Waals surface area (Å²) in [7, 11) is 3.05. The lowest BCUT2D eigenvalue weighted by atomic mass is 10.0. The summed E-state index contributed by atoms with van der Waals surface area (Å²) in [4.78, 5) is 31.4. The second-order valence-corrected chi connectivity index (χ2v) is 5.91. The molecule has 0 radical (unpaired) electrons. The van der Waals surface area contributed by atoms with Gasteiger partial charge in [-0.05, 0) is 31.2 Å². The summed E-state index contributed by atoms with van der Waals surface area (Å²) in [6.07, 6.45) is 3.61. The number of aliphatic hydroxyl groups excluding tert-OH is 1. The molecule has 6 N–H and O–H groups in total. The zero-order valence-electron chi connectivity index (χ0n) is 15.6. The lowest BCUT2D eigenvalue weighted by Gasteiger charge is -2.22. The number of nitrogen functional groups attached to an aromatic ring is 1. The first-order valence-electron chi connectivity index (χ1n) is 8.06. The van der Waals surface area contributed by atoms with E-state index in [0.29, 0.717) is 29.0 Å². The third-order valence-electron chi connectivity index (χ3n) is 3.55. The zero-order chi connectivity index (χ0) is 20.4. The van der Waals surface area contributed by atoms with Crippen LogP contribution in [0.4, 0.5) is 5.69 Å². The number of rotatable bonds is 9. The summed E-state index contributed by atoms with van der Waals surface area (Å²) in [6, 6.07) is 4.76. The largest absolute Gasteiger partial charge is 0.487 e. The number of allylic oxidation sites excluding steroid dienone is 1. The highest BCUT2D eigenvalue weighted by Crippen LogP contribution is 2.21. The predicted molar refractivity (Wildman–Crippen MR) is 105 cm³/mol. The van der Waals surface area contributed by atoms with E-state index in [4.69, 9.17) is 16.2 Å². The third kappa shape index (κ3) is 6.23. The highest BCUT2D eigenvalue weighted by atomic mass is 16.5. The van der Waals surface area contributed by atoms with Crippen LogP contribution in [0, 0.1) is 0 Å². The van der Waals surface area contributed by atoms with Crippen LogP contribution in [-0.2, 0) is 9.59 Å². The Hall–Kier alpha value is -3.20. The molecule has 1 aromatic rings. The number of hydrogen-bond acceptors (Lipinski definition) is 8. The molecule has 0 saturated heterocycles. The Morgan fingerprint density at radius 3 is 2.67 bits per heavy atom. The molecule has 0 spiro atoms. The van der Waals surface area contributed by atoms with E-state index in [2.05, 4.69) is 15.3 Å². The fourth-order valence-electron chi connectivity index (χ4n) is 1.98. The van der Waals surface area contributed by atoms with Gasteiger partial charge in [-0.3, -0.25) is 14.8 Å². The van der Waals surface area contributed by atoms with E-state index >= 15 is 0 Å². The molecule has 9 heteroatoms. The monoisotopic (exact) mass is 375 g/mol. The first kappa shape index (κ1) is 21.8. The molecular weight excluding hydrogens is 350 g/mol. The molecule has 27 heavy (non-hydrogen) atoms. The number of carbonyl (C=O) groups is 2. The average Bonchev–Trinajstić information content (AvgIpc) is 2.66. The van der Waals surface area contributed by atoms with Crippen molar-refractivity contribution in [1.82, 2.24) is 5.32 Å². The average molecular weight is 375 g/mol. The molecule has 0 aliphatic heterocycles. The Morgan fingerprint density at radius 2 is 2.11 bits per heavy atom. The van der Waals surface area contributed by atoms with E-state index in [9.17, 15) is 14.7 Å². The standard InChI is InChI=1S/C18H25N5O4/c1-18(10-24,11-25)23-17(26)16(22-3)14-8-13(4-5-15(14)20)27-9-12(19)6-7-21-2/h4-8,10,25H,9,11,19-20H2,1-3H3,(H,23,26)/b12-6-,21-7?,22-16?. The van der Waals surface area contributed by atoms with Crippen molar-refractivity contribution in [3.05, 3.63) is 35.5 Å². The summed E-state index contributed by atoms with van der Waals surface area (Å²) < 4.78 is 5.58. The number of ether oxygens (including phenoxy) is 1. The van der Waals surface area contributed by atoms with E-state index in [-0.39, 0.29) is 12.3 Å². The van der Waals surface area contributed by atoms with Gasteiger partial charge in [0.2, 0.25) is 0 Å². The Labute approximate surface area is 157 Å². The van der Waals surface area contributed by atoms with Crippen LogP contribution in [0.15, 0.2) is 40.0 Å². The van der Waals surface area contributed by atoms with Crippen molar-refractivity contribution in [2.75, 3.05) is 33.0 Å². The minimum Gasteiger partial charge on any atom is -0.487 e. The van der Waals surface area contributed by atoms with Crippen LogP contribution in [0.5, 0.6) is 5.75 Å². The number of benzene rings is 1. The maximum atomic E-state index is 12.5. The smallest absolute Gasteiger partial charge is 0.270 e. The molecule has 0 saturated carbocycles. The topological polar surface area (TPSA) is 152 Å². The Bertz CT molecular complexity index is 773. The SMILES string of the molecule is CN=C/C=C(\N)COc1ccc(N)c(C(=NC)C(=O)NC(C)(C=O)CO)c1. The van der Waals surface area contributed by atoms with Crippen molar-refractivity contribution >= 4 is 29.8 Å². The highest BCUT2D eigenvalue weighted by Gasteiger charge is 2.28. The molecule has 0 aliphatic carbocycles.